The molecule has 1 heterocycles. The lowest BCUT2D eigenvalue weighted by molar-refractivity contribution is 0.0635. The van der Waals surface area contributed by atoms with Gasteiger partial charge in [0.25, 0.3) is 5.91 Å². The number of hydrogen-bond acceptors (Lipinski definition) is 5. The Balaban J connectivity index is 2.24. The second-order valence-electron chi connectivity index (χ2n) is 6.09. The molecule has 0 saturated carbocycles. The molecule has 134 valence electrons. The predicted octanol–water partition coefficient (Wildman–Crippen LogP) is 5.12. The molecule has 1 aromatic carbocycles. The maximum absolute atomic E-state index is 12.4. The third-order valence-electron chi connectivity index (χ3n) is 2.93. The van der Waals surface area contributed by atoms with E-state index in [9.17, 15) is 9.59 Å². The molecule has 2 aromatic rings. The average Bonchev–Trinajstić information content (AvgIpc) is 2.93. The van der Waals surface area contributed by atoms with Crippen molar-refractivity contribution in [3.05, 3.63) is 39.0 Å². The molecule has 8 heteroatoms. The van der Waals surface area contributed by atoms with E-state index in [1.54, 1.807) is 45.0 Å². The summed E-state index contributed by atoms with van der Waals surface area (Å²) < 4.78 is 11.1. The molecule has 0 saturated heterocycles. The molecule has 1 aromatic heterocycles. The summed E-state index contributed by atoms with van der Waals surface area (Å²) in [6, 6.07) is 6.75. The highest BCUT2D eigenvalue weighted by molar-refractivity contribution is 9.10. The molecular formula is C17H19BrN2O4S. The van der Waals surface area contributed by atoms with Gasteiger partial charge in [-0.15, -0.1) is 11.3 Å². The normalized spacial score (nSPS) is 10.9. The first-order valence-electron chi connectivity index (χ1n) is 7.42. The number of rotatable bonds is 4. The molecule has 0 aliphatic heterocycles. The highest BCUT2D eigenvalue weighted by atomic mass is 79.9. The van der Waals surface area contributed by atoms with Gasteiger partial charge in [0.05, 0.1) is 18.5 Å². The van der Waals surface area contributed by atoms with Crippen LogP contribution in [0.5, 0.6) is 5.75 Å². The van der Waals surface area contributed by atoms with Gasteiger partial charge in [-0.3, -0.25) is 10.1 Å². The molecule has 0 aliphatic carbocycles. The van der Waals surface area contributed by atoms with Crippen LogP contribution >= 0.6 is 27.3 Å². The summed E-state index contributed by atoms with van der Waals surface area (Å²) in [6.07, 6.45) is -0.606. The zero-order valence-corrected chi connectivity index (χ0v) is 16.7. The Morgan fingerprint density at radius 1 is 1.12 bits per heavy atom. The first-order chi connectivity index (χ1) is 11.7. The van der Waals surface area contributed by atoms with Crippen LogP contribution in [0.2, 0.25) is 0 Å². The average molecular weight is 427 g/mol. The number of anilines is 2. The minimum atomic E-state index is -0.623. The van der Waals surface area contributed by atoms with Gasteiger partial charge >= 0.3 is 6.09 Å². The first kappa shape index (κ1) is 19.3. The lowest BCUT2D eigenvalue weighted by Gasteiger charge is -2.20. The number of halogens is 1. The minimum absolute atomic E-state index is 0.289. The standard InChI is InChI=1S/C17H19BrN2O4S/c1-17(2,3)24-16(22)20-12-6-5-10(23-4)9-13(12)19-15(21)14-11(18)7-8-25-14/h5-9H,1-4H3,(H,19,21)(H,20,22). The molecule has 0 spiro atoms. The molecular weight excluding hydrogens is 408 g/mol. The fourth-order valence-electron chi connectivity index (χ4n) is 1.91. The van der Waals surface area contributed by atoms with Crippen molar-refractivity contribution < 1.29 is 19.1 Å². The highest BCUT2D eigenvalue weighted by Gasteiger charge is 2.19. The molecule has 0 bridgehead atoms. The molecule has 2 N–H and O–H groups in total. The van der Waals surface area contributed by atoms with E-state index in [0.717, 1.165) is 0 Å². The zero-order chi connectivity index (χ0) is 18.6. The SMILES string of the molecule is COc1ccc(NC(=O)OC(C)(C)C)c(NC(=O)c2sccc2Br)c1. The lowest BCUT2D eigenvalue weighted by atomic mass is 10.2. The first-order valence-corrected chi connectivity index (χ1v) is 9.09. The van der Waals surface area contributed by atoms with E-state index in [1.165, 1.54) is 18.4 Å². The maximum atomic E-state index is 12.4. The summed E-state index contributed by atoms with van der Waals surface area (Å²) in [6.45, 7) is 5.33. The Hall–Kier alpha value is -2.06. The van der Waals surface area contributed by atoms with Crippen LogP contribution in [-0.4, -0.2) is 24.7 Å². The van der Waals surface area contributed by atoms with Crippen molar-refractivity contribution in [3.8, 4) is 5.75 Å². The smallest absolute Gasteiger partial charge is 0.412 e. The summed E-state index contributed by atoms with van der Waals surface area (Å²) >= 11 is 4.65. The molecule has 0 unspecified atom stereocenters. The Bertz CT molecular complexity index is 783. The summed E-state index contributed by atoms with van der Waals surface area (Å²) in [5.41, 5.74) is 0.202. The summed E-state index contributed by atoms with van der Waals surface area (Å²) in [5.74, 6) is 0.262. The number of carbonyl (C=O) groups excluding carboxylic acids is 2. The number of amides is 2. The fraction of sp³-hybridized carbons (Fsp3) is 0.294. The molecule has 2 amide bonds. The van der Waals surface area contributed by atoms with Crippen molar-refractivity contribution in [2.45, 2.75) is 26.4 Å². The van der Waals surface area contributed by atoms with E-state index in [2.05, 4.69) is 26.6 Å². The maximum Gasteiger partial charge on any atom is 0.412 e. The van der Waals surface area contributed by atoms with Gasteiger partial charge in [0.15, 0.2) is 0 Å². The molecule has 0 aliphatic rings. The molecule has 0 atom stereocenters. The van der Waals surface area contributed by atoms with Crippen LogP contribution in [0.3, 0.4) is 0 Å². The van der Waals surface area contributed by atoms with Crippen LogP contribution in [0, 0.1) is 0 Å². The van der Waals surface area contributed by atoms with E-state index in [0.29, 0.717) is 26.5 Å². The monoisotopic (exact) mass is 426 g/mol. The zero-order valence-electron chi connectivity index (χ0n) is 14.3. The quantitative estimate of drug-likeness (QED) is 0.710. The lowest BCUT2D eigenvalue weighted by Crippen LogP contribution is -2.27. The Morgan fingerprint density at radius 3 is 2.40 bits per heavy atom. The van der Waals surface area contributed by atoms with Crippen molar-refractivity contribution in [3.63, 3.8) is 0 Å². The van der Waals surface area contributed by atoms with E-state index in [1.807, 2.05) is 5.38 Å². The van der Waals surface area contributed by atoms with Crippen molar-refractivity contribution in [2.24, 2.45) is 0 Å². The van der Waals surface area contributed by atoms with E-state index in [-0.39, 0.29) is 5.91 Å². The molecule has 2 rings (SSSR count). The van der Waals surface area contributed by atoms with E-state index < -0.39 is 11.7 Å². The number of thiophene rings is 1. The third-order valence-corrected chi connectivity index (χ3v) is 4.77. The van der Waals surface area contributed by atoms with Gasteiger partial charge in [-0.2, -0.15) is 0 Å². The highest BCUT2D eigenvalue weighted by Crippen LogP contribution is 2.30. The molecule has 0 radical (unpaired) electrons. The van der Waals surface area contributed by atoms with Crippen LogP contribution in [0.4, 0.5) is 16.2 Å². The number of carbonyl (C=O) groups is 2. The third kappa shape index (κ3) is 5.47. The number of methoxy groups -OCH3 is 1. The van der Waals surface area contributed by atoms with E-state index >= 15 is 0 Å². The van der Waals surface area contributed by atoms with Crippen LogP contribution in [0.25, 0.3) is 0 Å². The van der Waals surface area contributed by atoms with Crippen LogP contribution in [0.1, 0.15) is 30.4 Å². The summed E-state index contributed by atoms with van der Waals surface area (Å²) in [4.78, 5) is 25.0. The second kappa shape index (κ2) is 7.88. The second-order valence-corrected chi connectivity index (χ2v) is 7.86. The Morgan fingerprint density at radius 2 is 1.84 bits per heavy atom. The van der Waals surface area contributed by atoms with Gasteiger partial charge in [-0.25, -0.2) is 4.79 Å². The number of hydrogen-bond donors (Lipinski definition) is 2. The van der Waals surface area contributed by atoms with E-state index in [4.69, 9.17) is 9.47 Å². The van der Waals surface area contributed by atoms with Gasteiger partial charge in [0.2, 0.25) is 0 Å². The predicted molar refractivity (Wildman–Crippen MR) is 103 cm³/mol. The minimum Gasteiger partial charge on any atom is -0.497 e. The van der Waals surface area contributed by atoms with Gasteiger partial charge in [-0.1, -0.05) is 0 Å². The Kier molecular flexibility index (Phi) is 6.07. The summed E-state index contributed by atoms with van der Waals surface area (Å²) in [7, 11) is 1.53. The topological polar surface area (TPSA) is 76.7 Å². The van der Waals surface area contributed by atoms with Crippen molar-refractivity contribution in [1.82, 2.24) is 0 Å². The number of benzene rings is 1. The number of nitrogens with one attached hydrogen (secondary N) is 2. The number of ether oxygens (including phenoxy) is 2. The Labute approximate surface area is 158 Å². The van der Waals surface area contributed by atoms with Gasteiger partial charge in [-0.05, 0) is 60.3 Å². The summed E-state index contributed by atoms with van der Waals surface area (Å²) in [5, 5.41) is 7.24. The van der Waals surface area contributed by atoms with Crippen molar-refractivity contribution in [2.75, 3.05) is 17.7 Å². The fourth-order valence-corrected chi connectivity index (χ4v) is 3.36. The molecule has 25 heavy (non-hydrogen) atoms. The van der Waals surface area contributed by atoms with Gasteiger partial charge in [0, 0.05) is 10.5 Å². The van der Waals surface area contributed by atoms with Crippen LogP contribution in [0.15, 0.2) is 34.1 Å². The van der Waals surface area contributed by atoms with Crippen LogP contribution < -0.4 is 15.4 Å². The van der Waals surface area contributed by atoms with Crippen molar-refractivity contribution >= 4 is 50.6 Å². The van der Waals surface area contributed by atoms with Crippen molar-refractivity contribution in [1.29, 1.82) is 0 Å². The largest absolute Gasteiger partial charge is 0.497 e. The van der Waals surface area contributed by atoms with Crippen LogP contribution in [-0.2, 0) is 4.74 Å². The van der Waals surface area contributed by atoms with Gasteiger partial charge < -0.3 is 14.8 Å². The van der Waals surface area contributed by atoms with Gasteiger partial charge in [0.1, 0.15) is 16.2 Å². The molecule has 6 nitrogen and oxygen atoms in total. The molecule has 0 fully saturated rings.